The average Bonchev–Trinajstić information content (AvgIpc) is 2.78. The van der Waals surface area contributed by atoms with Gasteiger partial charge in [0.05, 0.1) is 18.7 Å². The van der Waals surface area contributed by atoms with Crippen LogP contribution in [0.15, 0.2) is 72.8 Å². The molecular weight excluding hydrogens is 457 g/mol. The summed E-state index contributed by atoms with van der Waals surface area (Å²) in [5.74, 6) is -0.209. The molecule has 0 unspecified atom stereocenters. The molecule has 0 spiro atoms. The first-order valence-corrected chi connectivity index (χ1v) is 10.9. The van der Waals surface area contributed by atoms with Crippen molar-refractivity contribution in [2.45, 2.75) is 18.2 Å². The van der Waals surface area contributed by atoms with E-state index in [1.54, 1.807) is 41.3 Å². The lowest BCUT2D eigenvalue weighted by molar-refractivity contribution is -0.165. The van der Waals surface area contributed by atoms with Gasteiger partial charge in [0.15, 0.2) is 0 Å². The van der Waals surface area contributed by atoms with Crippen molar-refractivity contribution in [2.24, 2.45) is 0 Å². The van der Waals surface area contributed by atoms with E-state index in [0.29, 0.717) is 15.1 Å². The Morgan fingerprint density at radius 2 is 1.32 bits per heavy atom. The zero-order valence-corrected chi connectivity index (χ0v) is 18.7. The molecule has 1 fully saturated rings. The summed E-state index contributed by atoms with van der Waals surface area (Å²) in [4.78, 5) is 14.8. The van der Waals surface area contributed by atoms with E-state index in [4.69, 9.17) is 39.5 Å². The SMILES string of the molecule is O=C1CO[C@H](c2ccc(Cl)cc2)[C@H](c2ccc(Cl)cc2)N1[C@@H](CO)c1ccc(Cl)cc1. The quantitative estimate of drug-likeness (QED) is 0.490. The van der Waals surface area contributed by atoms with Crippen molar-refractivity contribution >= 4 is 40.7 Å². The molecule has 4 nitrogen and oxygen atoms in total. The molecule has 1 amide bonds. The number of aliphatic hydroxyl groups excluding tert-OH is 1. The lowest BCUT2D eigenvalue weighted by Gasteiger charge is -2.45. The number of carbonyl (C=O) groups excluding carboxylic acids is 1. The van der Waals surface area contributed by atoms with Crippen molar-refractivity contribution in [3.63, 3.8) is 0 Å². The van der Waals surface area contributed by atoms with Crippen LogP contribution < -0.4 is 0 Å². The molecule has 1 saturated heterocycles. The van der Waals surface area contributed by atoms with Crippen LogP contribution in [0.2, 0.25) is 15.1 Å². The summed E-state index contributed by atoms with van der Waals surface area (Å²) < 4.78 is 6.02. The van der Waals surface area contributed by atoms with Gasteiger partial charge in [0.2, 0.25) is 5.91 Å². The fourth-order valence-corrected chi connectivity index (χ4v) is 4.34. The van der Waals surface area contributed by atoms with Crippen LogP contribution in [-0.2, 0) is 9.53 Å². The van der Waals surface area contributed by atoms with Gasteiger partial charge in [-0.05, 0) is 53.1 Å². The van der Waals surface area contributed by atoms with Gasteiger partial charge in [0.1, 0.15) is 12.7 Å². The van der Waals surface area contributed by atoms with E-state index in [1.165, 1.54) is 0 Å². The Balaban J connectivity index is 1.82. The molecule has 31 heavy (non-hydrogen) atoms. The molecule has 0 radical (unpaired) electrons. The van der Waals surface area contributed by atoms with Crippen LogP contribution in [0.1, 0.15) is 34.9 Å². The van der Waals surface area contributed by atoms with Gasteiger partial charge in [-0.25, -0.2) is 0 Å². The average molecular weight is 477 g/mol. The Bertz CT molecular complexity index is 1040. The second-order valence-corrected chi connectivity index (χ2v) is 8.64. The highest BCUT2D eigenvalue weighted by atomic mass is 35.5. The number of aliphatic hydroxyl groups is 1. The summed E-state index contributed by atoms with van der Waals surface area (Å²) in [5.41, 5.74) is 2.52. The summed E-state index contributed by atoms with van der Waals surface area (Å²) in [7, 11) is 0. The summed E-state index contributed by atoms with van der Waals surface area (Å²) in [6.45, 7) is -0.341. The molecular formula is C24H20Cl3NO3. The topological polar surface area (TPSA) is 49.8 Å². The monoisotopic (exact) mass is 475 g/mol. The van der Waals surface area contributed by atoms with Gasteiger partial charge in [-0.3, -0.25) is 4.79 Å². The Morgan fingerprint density at radius 3 is 1.84 bits per heavy atom. The first kappa shape index (κ1) is 22.1. The highest BCUT2D eigenvalue weighted by molar-refractivity contribution is 6.31. The van der Waals surface area contributed by atoms with Gasteiger partial charge < -0.3 is 14.7 Å². The van der Waals surface area contributed by atoms with Gasteiger partial charge in [0, 0.05) is 15.1 Å². The smallest absolute Gasteiger partial charge is 0.249 e. The minimum Gasteiger partial charge on any atom is -0.394 e. The minimum absolute atomic E-state index is 0.0958. The molecule has 0 bridgehead atoms. The number of nitrogens with zero attached hydrogens (tertiary/aromatic N) is 1. The third-order valence-electron chi connectivity index (χ3n) is 5.43. The molecule has 0 aliphatic carbocycles. The Hall–Kier alpha value is -2.08. The molecule has 0 saturated carbocycles. The highest BCUT2D eigenvalue weighted by Gasteiger charge is 2.42. The van der Waals surface area contributed by atoms with E-state index < -0.39 is 18.2 Å². The summed E-state index contributed by atoms with van der Waals surface area (Å²) in [6, 6.07) is 20.8. The number of hydrogen-bond donors (Lipinski definition) is 1. The van der Waals surface area contributed by atoms with Gasteiger partial charge in [0.25, 0.3) is 0 Å². The predicted molar refractivity (Wildman–Crippen MR) is 122 cm³/mol. The van der Waals surface area contributed by atoms with Crippen molar-refractivity contribution < 1.29 is 14.6 Å². The van der Waals surface area contributed by atoms with Crippen molar-refractivity contribution in [1.82, 2.24) is 4.90 Å². The fraction of sp³-hybridized carbons (Fsp3) is 0.208. The van der Waals surface area contributed by atoms with Crippen LogP contribution in [0.25, 0.3) is 0 Å². The van der Waals surface area contributed by atoms with Gasteiger partial charge >= 0.3 is 0 Å². The molecule has 1 heterocycles. The molecule has 3 aromatic rings. The van der Waals surface area contributed by atoms with E-state index in [1.807, 2.05) is 36.4 Å². The normalized spacial score (nSPS) is 20.0. The number of benzene rings is 3. The van der Waals surface area contributed by atoms with Crippen molar-refractivity contribution in [3.8, 4) is 0 Å². The Morgan fingerprint density at radius 1 is 0.839 bits per heavy atom. The van der Waals surface area contributed by atoms with Crippen LogP contribution in [-0.4, -0.2) is 29.1 Å². The van der Waals surface area contributed by atoms with E-state index in [0.717, 1.165) is 16.7 Å². The number of amides is 1. The lowest BCUT2D eigenvalue weighted by Crippen LogP contribution is -2.48. The fourth-order valence-electron chi connectivity index (χ4n) is 3.96. The molecule has 3 atom stereocenters. The maximum Gasteiger partial charge on any atom is 0.249 e. The molecule has 1 N–H and O–H groups in total. The van der Waals surface area contributed by atoms with Crippen LogP contribution >= 0.6 is 34.8 Å². The number of rotatable bonds is 5. The van der Waals surface area contributed by atoms with E-state index in [2.05, 4.69) is 0 Å². The standard InChI is InChI=1S/C24H20Cl3NO3/c25-18-7-1-15(2-8-18)21(13-29)28-22(30)14-31-24(17-5-11-20(27)12-6-17)23(28)16-3-9-19(26)10-4-16/h1-12,21,23-24,29H,13-14H2/t21-,23-,24+/m0/s1. The van der Waals surface area contributed by atoms with Crippen molar-refractivity contribution in [1.29, 1.82) is 0 Å². The third kappa shape index (κ3) is 4.74. The second kappa shape index (κ2) is 9.60. The van der Waals surface area contributed by atoms with Gasteiger partial charge in [-0.15, -0.1) is 0 Å². The zero-order chi connectivity index (χ0) is 22.0. The van der Waals surface area contributed by atoms with Crippen molar-refractivity contribution in [3.05, 3.63) is 105 Å². The van der Waals surface area contributed by atoms with Gasteiger partial charge in [-0.1, -0.05) is 71.2 Å². The molecule has 3 aromatic carbocycles. The van der Waals surface area contributed by atoms with E-state index in [9.17, 15) is 9.90 Å². The Kier molecular flexibility index (Phi) is 6.85. The van der Waals surface area contributed by atoms with E-state index >= 15 is 0 Å². The maximum absolute atomic E-state index is 13.1. The second-order valence-electron chi connectivity index (χ2n) is 7.33. The number of ether oxygens (including phenoxy) is 1. The number of halogens is 3. The zero-order valence-electron chi connectivity index (χ0n) is 16.4. The molecule has 4 rings (SSSR count). The summed E-state index contributed by atoms with van der Waals surface area (Å²) in [5, 5.41) is 12.1. The van der Waals surface area contributed by atoms with Crippen LogP contribution in [0, 0.1) is 0 Å². The summed E-state index contributed by atoms with van der Waals surface area (Å²) >= 11 is 18.2. The Labute approximate surface area is 195 Å². The van der Waals surface area contributed by atoms with Crippen LogP contribution in [0.5, 0.6) is 0 Å². The number of hydrogen-bond acceptors (Lipinski definition) is 3. The third-order valence-corrected chi connectivity index (χ3v) is 6.19. The first-order valence-electron chi connectivity index (χ1n) is 9.78. The molecule has 0 aromatic heterocycles. The van der Waals surface area contributed by atoms with Crippen molar-refractivity contribution in [2.75, 3.05) is 13.2 Å². The predicted octanol–water partition coefficient (Wildman–Crippen LogP) is 6.02. The minimum atomic E-state index is -0.566. The molecule has 160 valence electrons. The highest BCUT2D eigenvalue weighted by Crippen LogP contribution is 2.44. The maximum atomic E-state index is 13.1. The van der Waals surface area contributed by atoms with Gasteiger partial charge in [-0.2, -0.15) is 0 Å². The first-order chi connectivity index (χ1) is 15.0. The molecule has 1 aliphatic heterocycles. The largest absolute Gasteiger partial charge is 0.394 e. The van der Waals surface area contributed by atoms with Crippen LogP contribution in [0.4, 0.5) is 0 Å². The van der Waals surface area contributed by atoms with Crippen LogP contribution in [0.3, 0.4) is 0 Å². The molecule has 7 heteroatoms. The number of carbonyl (C=O) groups is 1. The lowest BCUT2D eigenvalue weighted by atomic mass is 9.90. The molecule has 1 aliphatic rings. The number of morpholine rings is 1. The summed E-state index contributed by atoms with van der Waals surface area (Å²) in [6.07, 6.45) is -0.447. The van der Waals surface area contributed by atoms with E-state index in [-0.39, 0.29) is 19.1 Å².